The first kappa shape index (κ1) is 31.3. The Hall–Kier alpha value is -7.69. The largest absolute Gasteiger partial charge is 0.311 e. The Balaban J connectivity index is 1.12. The number of nitrogens with zero attached hydrogens (tertiary/aromatic N) is 4. The van der Waals surface area contributed by atoms with Crippen molar-refractivity contribution in [1.82, 2.24) is 9.13 Å². The van der Waals surface area contributed by atoms with Gasteiger partial charge in [0.25, 0.3) is 13.4 Å². The fourth-order valence-electron chi connectivity index (χ4n) is 11.9. The van der Waals surface area contributed by atoms with Gasteiger partial charge in [0, 0.05) is 67.0 Å². The van der Waals surface area contributed by atoms with Crippen LogP contribution in [-0.4, -0.2) is 22.6 Å². The molecule has 4 nitrogen and oxygen atoms in total. The van der Waals surface area contributed by atoms with Crippen molar-refractivity contribution in [3.63, 3.8) is 0 Å². The first-order valence-electron chi connectivity index (χ1n) is 21.0. The monoisotopic (exact) mass is 758 g/mol. The summed E-state index contributed by atoms with van der Waals surface area (Å²) in [5.74, 6) is 0. The molecule has 0 spiro atoms. The molecule has 0 bridgehead atoms. The van der Waals surface area contributed by atoms with Gasteiger partial charge in [0.2, 0.25) is 0 Å². The van der Waals surface area contributed by atoms with Crippen molar-refractivity contribution in [2.24, 2.45) is 0 Å². The molecule has 0 fully saturated rings. The zero-order chi connectivity index (χ0) is 38.8. The second kappa shape index (κ2) is 11.1. The van der Waals surface area contributed by atoms with E-state index in [9.17, 15) is 0 Å². The lowest BCUT2D eigenvalue weighted by Crippen LogP contribution is -2.64. The Labute approximate surface area is 346 Å². The summed E-state index contributed by atoms with van der Waals surface area (Å²) in [5.41, 5.74) is 23.1. The van der Waals surface area contributed by atoms with Gasteiger partial charge in [-0.05, 0) is 99.5 Å². The van der Waals surface area contributed by atoms with Crippen LogP contribution in [0.15, 0.2) is 194 Å². The summed E-state index contributed by atoms with van der Waals surface area (Å²) < 4.78 is 5.21. The smallest absolute Gasteiger partial charge is 0.252 e. The number of anilines is 6. The molecular weight excluding hydrogens is 726 g/mol. The molecule has 6 heteroatoms. The van der Waals surface area contributed by atoms with E-state index in [0.717, 1.165) is 0 Å². The van der Waals surface area contributed by atoms with Gasteiger partial charge < -0.3 is 18.9 Å². The number of rotatable bonds is 2. The van der Waals surface area contributed by atoms with Crippen molar-refractivity contribution in [2.75, 3.05) is 9.80 Å². The lowest BCUT2D eigenvalue weighted by atomic mass is 9.30. The quantitative estimate of drug-likeness (QED) is 0.164. The normalized spacial score (nSPS) is 13.9. The third-order valence-corrected chi connectivity index (χ3v) is 14.1. The summed E-state index contributed by atoms with van der Waals surface area (Å²) in [6.45, 7) is 0.0735. The maximum absolute atomic E-state index is 2.63. The van der Waals surface area contributed by atoms with E-state index in [1.54, 1.807) is 0 Å². The van der Waals surface area contributed by atoms with E-state index in [0.29, 0.717) is 0 Å². The van der Waals surface area contributed by atoms with Gasteiger partial charge in [0.15, 0.2) is 0 Å². The maximum Gasteiger partial charge on any atom is 0.252 e. The summed E-state index contributed by atoms with van der Waals surface area (Å²) in [6, 6.07) is 72.8. The predicted molar refractivity (Wildman–Crippen MR) is 254 cm³/mol. The number of fused-ring (bicyclic) bond motifs is 16. The van der Waals surface area contributed by atoms with E-state index >= 15 is 0 Å². The van der Waals surface area contributed by atoms with Gasteiger partial charge in [-0.15, -0.1) is 0 Å². The molecule has 4 aliphatic rings. The Kier molecular flexibility index (Phi) is 5.78. The third-order valence-electron chi connectivity index (χ3n) is 14.1. The van der Waals surface area contributed by atoms with E-state index in [2.05, 4.69) is 213 Å². The fraction of sp³-hybridized carbons (Fsp3) is 0. The second-order valence-corrected chi connectivity index (χ2v) is 16.8. The van der Waals surface area contributed by atoms with Crippen molar-refractivity contribution < 1.29 is 0 Å². The molecule has 15 rings (SSSR count). The fourth-order valence-corrected chi connectivity index (χ4v) is 11.9. The summed E-state index contributed by atoms with van der Waals surface area (Å²) in [7, 11) is 0. The average Bonchev–Trinajstić information content (AvgIpc) is 3.84. The SMILES string of the molecule is c1ccc(N2c3ccccc3B3c4cc5c(cc4-n4c6ccccc6c6ccc2c3c64)-n2c3ccccc3c3ccc4c(c32)B5c2ccccc2N4c2ccccc2)cc1. The molecule has 11 aromatic rings. The zero-order valence-corrected chi connectivity index (χ0v) is 32.4. The van der Waals surface area contributed by atoms with Crippen molar-refractivity contribution in [2.45, 2.75) is 0 Å². The molecule has 0 N–H and O–H groups in total. The number of aromatic nitrogens is 2. The van der Waals surface area contributed by atoms with Crippen LogP contribution in [0.25, 0.3) is 55.0 Å². The molecular formula is C54H32B2N4. The molecule has 0 radical (unpaired) electrons. The first-order valence-corrected chi connectivity index (χ1v) is 21.0. The van der Waals surface area contributed by atoms with Crippen LogP contribution in [-0.2, 0) is 0 Å². The Bertz CT molecular complexity index is 3460. The van der Waals surface area contributed by atoms with Crippen LogP contribution in [0, 0.1) is 0 Å². The van der Waals surface area contributed by atoms with Gasteiger partial charge in [-0.25, -0.2) is 0 Å². The highest BCUT2D eigenvalue weighted by Gasteiger charge is 2.46. The van der Waals surface area contributed by atoms with E-state index in [1.165, 1.54) is 122 Å². The highest BCUT2D eigenvalue weighted by molar-refractivity contribution is 7.03. The summed E-state index contributed by atoms with van der Waals surface area (Å²) in [5, 5.41) is 5.18. The van der Waals surface area contributed by atoms with Crippen molar-refractivity contribution >= 4 is 124 Å². The van der Waals surface area contributed by atoms with Crippen molar-refractivity contribution in [1.29, 1.82) is 0 Å². The Morgan fingerprint density at radius 2 is 0.700 bits per heavy atom. The molecule has 274 valence electrons. The summed E-state index contributed by atoms with van der Waals surface area (Å²) >= 11 is 0. The van der Waals surface area contributed by atoms with Gasteiger partial charge in [0.05, 0.1) is 22.1 Å². The summed E-state index contributed by atoms with van der Waals surface area (Å²) in [4.78, 5) is 4.99. The molecule has 0 saturated carbocycles. The van der Waals surface area contributed by atoms with Crippen LogP contribution in [0.1, 0.15) is 0 Å². The molecule has 2 aromatic heterocycles. The zero-order valence-electron chi connectivity index (χ0n) is 32.4. The molecule has 4 aliphatic heterocycles. The van der Waals surface area contributed by atoms with Crippen LogP contribution in [0.4, 0.5) is 34.1 Å². The molecule has 0 saturated heterocycles. The number of hydrogen-bond donors (Lipinski definition) is 0. The van der Waals surface area contributed by atoms with Crippen LogP contribution in [0.5, 0.6) is 0 Å². The molecule has 0 atom stereocenters. The molecule has 60 heavy (non-hydrogen) atoms. The average molecular weight is 759 g/mol. The van der Waals surface area contributed by atoms with Crippen molar-refractivity contribution in [3.05, 3.63) is 194 Å². The lowest BCUT2D eigenvalue weighted by molar-refractivity contribution is 1.14. The summed E-state index contributed by atoms with van der Waals surface area (Å²) in [6.07, 6.45) is 0. The highest BCUT2D eigenvalue weighted by Crippen LogP contribution is 2.45. The Morgan fingerprint density at radius 3 is 1.18 bits per heavy atom. The maximum atomic E-state index is 2.63. The van der Waals surface area contributed by atoms with Crippen LogP contribution in [0.2, 0.25) is 0 Å². The van der Waals surface area contributed by atoms with Crippen LogP contribution in [0.3, 0.4) is 0 Å². The minimum absolute atomic E-state index is 0.0368. The molecule has 0 aliphatic carbocycles. The van der Waals surface area contributed by atoms with Gasteiger partial charge in [-0.2, -0.15) is 0 Å². The predicted octanol–water partition coefficient (Wildman–Crippen LogP) is 9.11. The van der Waals surface area contributed by atoms with Crippen LogP contribution < -0.4 is 42.6 Å². The lowest BCUT2D eigenvalue weighted by Gasteiger charge is -2.42. The van der Waals surface area contributed by atoms with Crippen molar-refractivity contribution in [3.8, 4) is 11.4 Å². The number of hydrogen-bond acceptors (Lipinski definition) is 2. The van der Waals surface area contributed by atoms with Gasteiger partial charge in [0.1, 0.15) is 0 Å². The minimum atomic E-state index is 0.0368. The molecule has 0 unspecified atom stereocenters. The van der Waals surface area contributed by atoms with Gasteiger partial charge in [-0.3, -0.25) is 0 Å². The van der Waals surface area contributed by atoms with E-state index in [1.807, 2.05) is 0 Å². The van der Waals surface area contributed by atoms with Crippen LogP contribution >= 0.6 is 0 Å². The third kappa shape index (κ3) is 3.68. The van der Waals surface area contributed by atoms with Gasteiger partial charge >= 0.3 is 0 Å². The number of benzene rings is 9. The molecule has 9 aromatic carbocycles. The Morgan fingerprint density at radius 1 is 0.283 bits per heavy atom. The number of para-hydroxylation sites is 6. The molecule has 0 amide bonds. The van der Waals surface area contributed by atoms with E-state index < -0.39 is 0 Å². The topological polar surface area (TPSA) is 16.3 Å². The van der Waals surface area contributed by atoms with Gasteiger partial charge in [-0.1, -0.05) is 127 Å². The highest BCUT2D eigenvalue weighted by atomic mass is 15.2. The molecule has 6 heterocycles. The second-order valence-electron chi connectivity index (χ2n) is 16.8. The standard InChI is InChI=1S/C54H32B2N4/c1-3-15-33(16-4-1)57-45-25-13-9-21-39(45)55-41-31-42-50(32-49(41)59-43-23-11-7-19-35(43)37-27-29-47(57)51(55)53(37)59)60-44-24-12-8-20-36(44)38-28-30-48-52(54(38)60)56(42)40-22-10-14-26-46(40)58(48)34-17-5-2-6-18-34/h1-32H. The van der Waals surface area contributed by atoms with E-state index in [4.69, 9.17) is 0 Å². The minimum Gasteiger partial charge on any atom is -0.311 e. The van der Waals surface area contributed by atoms with E-state index in [-0.39, 0.29) is 13.4 Å². The first-order chi connectivity index (χ1) is 29.8.